The van der Waals surface area contributed by atoms with E-state index in [2.05, 4.69) is 16.4 Å². The largest absolute Gasteiger partial charge is 0.486 e. The number of allylic oxidation sites excluding steroid dienone is 1. The fourth-order valence-corrected chi connectivity index (χ4v) is 4.02. The number of primary amides is 1. The maximum atomic E-state index is 12.5. The summed E-state index contributed by atoms with van der Waals surface area (Å²) in [6.45, 7) is 6.71. The number of nitrogens with two attached hydrogens (primary N) is 1. The smallest absolute Gasteiger partial charge is 0.247 e. The average molecular weight is 406 g/mol. The normalized spacial score (nSPS) is 16.9. The van der Waals surface area contributed by atoms with Crippen LogP contribution >= 0.6 is 0 Å². The summed E-state index contributed by atoms with van der Waals surface area (Å²) in [4.78, 5) is 17.0. The van der Waals surface area contributed by atoms with Gasteiger partial charge in [0.15, 0.2) is 11.5 Å². The molecule has 1 amide bonds. The predicted molar refractivity (Wildman–Crippen MR) is 110 cm³/mol. The minimum Gasteiger partial charge on any atom is -0.486 e. The van der Waals surface area contributed by atoms with Crippen LogP contribution in [-0.2, 0) is 4.79 Å². The Hall–Kier alpha value is -3.73. The van der Waals surface area contributed by atoms with Crippen LogP contribution < -0.4 is 25.3 Å². The lowest BCUT2D eigenvalue weighted by atomic mass is 9.79. The molecule has 1 aromatic heterocycles. The lowest BCUT2D eigenvalue weighted by Crippen LogP contribution is -2.29. The standard InChI is InChI=1S/C22H22N4O4/c1-4-28-22-17-16(14-6-5-13(9-23)19-20(14)30-8-7-29-19)15(21(24)27)12(3)26-18(17)11(2)10-25-22/h5-6,10,16,26H,4,7-8H2,1-3H3,(H2,24,27)/t16-/m0/s1. The van der Waals surface area contributed by atoms with E-state index >= 15 is 0 Å². The summed E-state index contributed by atoms with van der Waals surface area (Å²) in [6, 6.07) is 5.58. The lowest BCUT2D eigenvalue weighted by molar-refractivity contribution is -0.114. The third-order valence-electron chi connectivity index (χ3n) is 5.26. The number of ether oxygens (including phenoxy) is 3. The van der Waals surface area contributed by atoms with Crippen LogP contribution in [-0.4, -0.2) is 30.7 Å². The Morgan fingerprint density at radius 2 is 2.07 bits per heavy atom. The van der Waals surface area contributed by atoms with E-state index in [-0.39, 0.29) is 0 Å². The Labute approximate surface area is 174 Å². The molecular weight excluding hydrogens is 384 g/mol. The van der Waals surface area contributed by atoms with Crippen molar-refractivity contribution in [2.45, 2.75) is 26.7 Å². The number of nitrogens with one attached hydrogen (secondary N) is 1. The molecule has 1 aromatic carbocycles. The highest BCUT2D eigenvalue weighted by atomic mass is 16.6. The summed E-state index contributed by atoms with van der Waals surface area (Å²) in [5, 5.41) is 12.8. The molecule has 8 heteroatoms. The number of anilines is 1. The summed E-state index contributed by atoms with van der Waals surface area (Å²) >= 11 is 0. The Morgan fingerprint density at radius 1 is 1.33 bits per heavy atom. The molecule has 0 fully saturated rings. The molecule has 0 aliphatic carbocycles. The number of fused-ring (bicyclic) bond motifs is 2. The first-order valence-corrected chi connectivity index (χ1v) is 9.70. The Balaban J connectivity index is 2.05. The maximum absolute atomic E-state index is 12.5. The molecule has 2 aromatic rings. The van der Waals surface area contributed by atoms with Crippen molar-refractivity contribution in [1.29, 1.82) is 5.26 Å². The summed E-state index contributed by atoms with van der Waals surface area (Å²) in [7, 11) is 0. The van der Waals surface area contributed by atoms with Crippen molar-refractivity contribution in [3.05, 3.63) is 51.9 Å². The summed E-state index contributed by atoms with van der Waals surface area (Å²) in [6.07, 6.45) is 1.73. The number of aromatic nitrogens is 1. The fraction of sp³-hybridized carbons (Fsp3) is 0.318. The van der Waals surface area contributed by atoms with E-state index in [0.717, 1.165) is 11.3 Å². The molecule has 0 spiro atoms. The zero-order chi connectivity index (χ0) is 21.4. The van der Waals surface area contributed by atoms with Gasteiger partial charge in [0.1, 0.15) is 19.3 Å². The van der Waals surface area contributed by atoms with Crippen LogP contribution in [0.25, 0.3) is 0 Å². The van der Waals surface area contributed by atoms with Crippen molar-refractivity contribution >= 4 is 11.6 Å². The molecule has 2 aliphatic heterocycles. The van der Waals surface area contributed by atoms with E-state index in [1.807, 2.05) is 20.8 Å². The molecule has 0 bridgehead atoms. The van der Waals surface area contributed by atoms with Crippen LogP contribution in [0.3, 0.4) is 0 Å². The van der Waals surface area contributed by atoms with Gasteiger partial charge in [0.25, 0.3) is 0 Å². The first-order chi connectivity index (χ1) is 14.5. The summed E-state index contributed by atoms with van der Waals surface area (Å²) in [5.41, 5.74) is 10.3. The van der Waals surface area contributed by atoms with Crippen molar-refractivity contribution in [3.63, 3.8) is 0 Å². The van der Waals surface area contributed by atoms with Crippen LogP contribution in [0.4, 0.5) is 5.69 Å². The summed E-state index contributed by atoms with van der Waals surface area (Å²) < 4.78 is 17.5. The van der Waals surface area contributed by atoms with E-state index in [9.17, 15) is 10.1 Å². The minimum absolute atomic E-state index is 0.339. The number of hydrogen-bond donors (Lipinski definition) is 2. The number of amides is 1. The topological polar surface area (TPSA) is 119 Å². The van der Waals surface area contributed by atoms with Crippen molar-refractivity contribution in [2.75, 3.05) is 25.1 Å². The monoisotopic (exact) mass is 406 g/mol. The van der Waals surface area contributed by atoms with Gasteiger partial charge in [-0.05, 0) is 32.4 Å². The second-order valence-corrected chi connectivity index (χ2v) is 7.10. The van der Waals surface area contributed by atoms with Gasteiger partial charge >= 0.3 is 0 Å². The Kier molecular flexibility index (Phi) is 4.96. The molecule has 1 atom stereocenters. The number of pyridine rings is 1. The number of nitriles is 1. The van der Waals surface area contributed by atoms with Gasteiger partial charge in [0, 0.05) is 23.0 Å². The van der Waals surface area contributed by atoms with Crippen LogP contribution in [0, 0.1) is 18.3 Å². The first kappa shape index (κ1) is 19.6. The highest BCUT2D eigenvalue weighted by Gasteiger charge is 2.38. The molecule has 3 heterocycles. The van der Waals surface area contributed by atoms with Gasteiger partial charge in [-0.25, -0.2) is 4.98 Å². The van der Waals surface area contributed by atoms with Crippen molar-refractivity contribution in [1.82, 2.24) is 4.98 Å². The number of carbonyl (C=O) groups is 1. The van der Waals surface area contributed by atoms with E-state index in [1.165, 1.54) is 0 Å². The van der Waals surface area contributed by atoms with Gasteiger partial charge in [-0.2, -0.15) is 5.26 Å². The van der Waals surface area contributed by atoms with Crippen molar-refractivity contribution in [3.8, 4) is 23.4 Å². The van der Waals surface area contributed by atoms with E-state index in [1.54, 1.807) is 18.3 Å². The van der Waals surface area contributed by atoms with Crippen LogP contribution in [0.15, 0.2) is 29.6 Å². The minimum atomic E-state index is -0.587. The molecule has 2 aliphatic rings. The van der Waals surface area contributed by atoms with E-state index < -0.39 is 11.8 Å². The predicted octanol–water partition coefficient (Wildman–Crippen LogP) is 2.75. The number of carbonyl (C=O) groups excluding carboxylic acids is 1. The molecule has 154 valence electrons. The molecule has 0 saturated heterocycles. The van der Waals surface area contributed by atoms with E-state index in [0.29, 0.717) is 65.2 Å². The highest BCUT2D eigenvalue weighted by molar-refractivity contribution is 5.98. The highest BCUT2D eigenvalue weighted by Crippen LogP contribution is 2.51. The summed E-state index contributed by atoms with van der Waals surface area (Å²) in [5.74, 6) is 0.0806. The maximum Gasteiger partial charge on any atom is 0.247 e. The number of nitrogens with zero attached hydrogens (tertiary/aromatic N) is 2. The van der Waals surface area contributed by atoms with Crippen molar-refractivity contribution < 1.29 is 19.0 Å². The Bertz CT molecular complexity index is 1120. The number of hydrogen-bond acceptors (Lipinski definition) is 7. The molecule has 0 unspecified atom stereocenters. The van der Waals surface area contributed by atoms with Crippen LogP contribution in [0.1, 0.15) is 42.0 Å². The molecule has 3 N–H and O–H groups in total. The SMILES string of the molecule is CCOc1ncc(C)c2c1[C@@H](c1ccc(C#N)c3c1OCCO3)C(C(N)=O)=C(C)N2. The lowest BCUT2D eigenvalue weighted by Gasteiger charge is -2.33. The van der Waals surface area contributed by atoms with Gasteiger partial charge in [-0.3, -0.25) is 4.79 Å². The molecule has 4 rings (SSSR count). The molecule has 0 radical (unpaired) electrons. The van der Waals surface area contributed by atoms with Gasteiger partial charge in [-0.1, -0.05) is 6.07 Å². The third kappa shape index (κ3) is 2.99. The molecule has 0 saturated carbocycles. The second kappa shape index (κ2) is 7.59. The molecule has 8 nitrogen and oxygen atoms in total. The zero-order valence-electron chi connectivity index (χ0n) is 17.0. The number of aryl methyl sites for hydroxylation is 1. The zero-order valence-corrected chi connectivity index (χ0v) is 17.0. The Morgan fingerprint density at radius 3 is 2.73 bits per heavy atom. The number of benzene rings is 1. The van der Waals surface area contributed by atoms with Crippen molar-refractivity contribution in [2.24, 2.45) is 5.73 Å². The average Bonchev–Trinajstić information content (AvgIpc) is 2.74. The quantitative estimate of drug-likeness (QED) is 0.801. The van der Waals surface area contributed by atoms with Crippen LogP contribution in [0.5, 0.6) is 17.4 Å². The number of rotatable bonds is 4. The second-order valence-electron chi connectivity index (χ2n) is 7.10. The third-order valence-corrected chi connectivity index (χ3v) is 5.26. The molecule has 30 heavy (non-hydrogen) atoms. The van der Waals surface area contributed by atoms with Crippen LogP contribution in [0.2, 0.25) is 0 Å². The first-order valence-electron chi connectivity index (χ1n) is 9.70. The fourth-order valence-electron chi connectivity index (χ4n) is 4.02. The molecular formula is C22H22N4O4. The van der Waals surface area contributed by atoms with E-state index in [4.69, 9.17) is 19.9 Å². The van der Waals surface area contributed by atoms with Gasteiger partial charge in [-0.15, -0.1) is 0 Å². The van der Waals surface area contributed by atoms with Gasteiger partial charge in [0.2, 0.25) is 11.8 Å². The van der Waals surface area contributed by atoms with Gasteiger partial charge < -0.3 is 25.3 Å². The van der Waals surface area contributed by atoms with Gasteiger partial charge in [0.05, 0.1) is 29.3 Å².